The standard InChI is InChI=1S/C20H19ClN2O4/c21-15-3-1-13(2-4-15)7-8-22-20(25)14-9-19(24)23(11-14)16-5-6-17-18(10-16)27-12-26-17/h1-6,10,14H,7-9,11-12H2,(H,22,25). The number of benzene rings is 2. The first kappa shape index (κ1) is 17.7. The zero-order chi connectivity index (χ0) is 18.8. The summed E-state index contributed by atoms with van der Waals surface area (Å²) in [5.74, 6) is 0.776. The molecule has 0 saturated carbocycles. The Morgan fingerprint density at radius 2 is 1.93 bits per heavy atom. The Bertz CT molecular complexity index is 869. The van der Waals surface area contributed by atoms with Crippen LogP contribution >= 0.6 is 11.6 Å². The summed E-state index contributed by atoms with van der Waals surface area (Å²) in [6.07, 6.45) is 0.927. The highest BCUT2D eigenvalue weighted by Gasteiger charge is 2.35. The van der Waals surface area contributed by atoms with Crippen LogP contribution in [0.2, 0.25) is 5.02 Å². The van der Waals surface area contributed by atoms with E-state index < -0.39 is 0 Å². The van der Waals surface area contributed by atoms with E-state index in [4.69, 9.17) is 21.1 Å². The van der Waals surface area contributed by atoms with Gasteiger partial charge >= 0.3 is 0 Å². The molecule has 0 aliphatic carbocycles. The molecule has 2 heterocycles. The molecule has 7 heteroatoms. The quantitative estimate of drug-likeness (QED) is 0.858. The van der Waals surface area contributed by atoms with Crippen molar-refractivity contribution in [3.05, 3.63) is 53.1 Å². The normalized spacial score (nSPS) is 18.0. The van der Waals surface area contributed by atoms with E-state index in [1.54, 1.807) is 17.0 Å². The third kappa shape index (κ3) is 3.85. The van der Waals surface area contributed by atoms with Crippen LogP contribution < -0.4 is 19.7 Å². The van der Waals surface area contributed by atoms with Gasteiger partial charge in [0.1, 0.15) is 0 Å². The second-order valence-corrected chi connectivity index (χ2v) is 7.05. The second-order valence-electron chi connectivity index (χ2n) is 6.61. The van der Waals surface area contributed by atoms with Gasteiger partial charge in [0.15, 0.2) is 11.5 Å². The van der Waals surface area contributed by atoms with Gasteiger partial charge in [-0.25, -0.2) is 0 Å². The first-order valence-electron chi connectivity index (χ1n) is 8.82. The van der Waals surface area contributed by atoms with E-state index in [1.807, 2.05) is 30.3 Å². The molecule has 140 valence electrons. The fraction of sp³-hybridized carbons (Fsp3) is 0.300. The van der Waals surface area contributed by atoms with E-state index in [0.29, 0.717) is 29.6 Å². The molecule has 1 N–H and O–H groups in total. The molecule has 1 fully saturated rings. The van der Waals surface area contributed by atoms with Crippen LogP contribution in [0.1, 0.15) is 12.0 Å². The van der Waals surface area contributed by atoms with Crippen molar-refractivity contribution in [1.82, 2.24) is 5.32 Å². The summed E-state index contributed by atoms with van der Waals surface area (Å²) in [5.41, 5.74) is 1.82. The Balaban J connectivity index is 1.33. The van der Waals surface area contributed by atoms with Gasteiger partial charge in [0.25, 0.3) is 0 Å². The lowest BCUT2D eigenvalue weighted by atomic mass is 10.1. The number of hydrogen-bond donors (Lipinski definition) is 1. The highest BCUT2D eigenvalue weighted by Crippen LogP contribution is 2.37. The molecule has 2 aromatic carbocycles. The number of carbonyl (C=O) groups excluding carboxylic acids is 2. The molecule has 4 rings (SSSR count). The van der Waals surface area contributed by atoms with Crippen molar-refractivity contribution in [3.8, 4) is 11.5 Å². The Labute approximate surface area is 162 Å². The molecule has 2 aromatic rings. The molecule has 0 aromatic heterocycles. The van der Waals surface area contributed by atoms with Gasteiger partial charge in [-0.2, -0.15) is 0 Å². The number of fused-ring (bicyclic) bond motifs is 1. The lowest BCUT2D eigenvalue weighted by Crippen LogP contribution is -2.34. The zero-order valence-corrected chi connectivity index (χ0v) is 15.4. The minimum atomic E-state index is -0.354. The van der Waals surface area contributed by atoms with E-state index in [9.17, 15) is 9.59 Å². The largest absolute Gasteiger partial charge is 0.454 e. The maximum absolute atomic E-state index is 12.4. The van der Waals surface area contributed by atoms with Gasteiger partial charge in [0.05, 0.1) is 5.92 Å². The smallest absolute Gasteiger partial charge is 0.231 e. The summed E-state index contributed by atoms with van der Waals surface area (Å²) in [6.45, 7) is 1.08. The minimum absolute atomic E-state index is 0.0632. The van der Waals surface area contributed by atoms with Crippen molar-refractivity contribution in [1.29, 1.82) is 0 Å². The average Bonchev–Trinajstić information content (AvgIpc) is 3.29. The Hall–Kier alpha value is -2.73. The number of anilines is 1. The fourth-order valence-corrected chi connectivity index (χ4v) is 3.44. The maximum Gasteiger partial charge on any atom is 0.231 e. The number of carbonyl (C=O) groups is 2. The van der Waals surface area contributed by atoms with Crippen molar-refractivity contribution in [2.75, 3.05) is 24.8 Å². The van der Waals surface area contributed by atoms with Crippen molar-refractivity contribution in [2.24, 2.45) is 5.92 Å². The van der Waals surface area contributed by atoms with E-state index in [0.717, 1.165) is 17.7 Å². The monoisotopic (exact) mass is 386 g/mol. The molecule has 1 unspecified atom stereocenters. The van der Waals surface area contributed by atoms with Gasteiger partial charge in [-0.1, -0.05) is 23.7 Å². The highest BCUT2D eigenvalue weighted by molar-refractivity contribution is 6.30. The van der Waals surface area contributed by atoms with Crippen LogP contribution in [0.4, 0.5) is 5.69 Å². The first-order chi connectivity index (χ1) is 13.1. The predicted molar refractivity (Wildman–Crippen MR) is 101 cm³/mol. The topological polar surface area (TPSA) is 67.9 Å². The molecule has 0 radical (unpaired) electrons. The van der Waals surface area contributed by atoms with Gasteiger partial charge in [-0.3, -0.25) is 9.59 Å². The van der Waals surface area contributed by atoms with Crippen LogP contribution in [0.5, 0.6) is 11.5 Å². The Kier molecular flexibility index (Phi) is 4.90. The third-order valence-electron chi connectivity index (χ3n) is 4.79. The molecule has 1 saturated heterocycles. The molecule has 0 spiro atoms. The van der Waals surface area contributed by atoms with Crippen LogP contribution in [0, 0.1) is 5.92 Å². The van der Waals surface area contributed by atoms with Gasteiger partial charge in [0.2, 0.25) is 18.6 Å². The molecule has 1 atom stereocenters. The minimum Gasteiger partial charge on any atom is -0.454 e. The third-order valence-corrected chi connectivity index (χ3v) is 5.04. The zero-order valence-electron chi connectivity index (χ0n) is 14.6. The van der Waals surface area contributed by atoms with Crippen LogP contribution in [0.25, 0.3) is 0 Å². The van der Waals surface area contributed by atoms with Gasteiger partial charge < -0.3 is 19.7 Å². The molecular weight excluding hydrogens is 368 g/mol. The molecule has 2 aliphatic heterocycles. The van der Waals surface area contributed by atoms with E-state index in [1.165, 1.54) is 0 Å². The van der Waals surface area contributed by atoms with Crippen molar-refractivity contribution >= 4 is 29.1 Å². The first-order valence-corrected chi connectivity index (χ1v) is 9.20. The number of rotatable bonds is 5. The predicted octanol–water partition coefficient (Wildman–Crippen LogP) is 2.78. The molecular formula is C20H19ClN2O4. The van der Waals surface area contributed by atoms with Crippen molar-refractivity contribution < 1.29 is 19.1 Å². The number of halogens is 1. The molecule has 2 aliphatic rings. The SMILES string of the molecule is O=C(NCCc1ccc(Cl)cc1)C1CC(=O)N(c2ccc3c(c2)OCO3)C1. The summed E-state index contributed by atoms with van der Waals surface area (Å²) in [4.78, 5) is 26.5. The van der Waals surface area contributed by atoms with Crippen molar-refractivity contribution in [2.45, 2.75) is 12.8 Å². The van der Waals surface area contributed by atoms with Crippen molar-refractivity contribution in [3.63, 3.8) is 0 Å². The van der Waals surface area contributed by atoms with Gasteiger partial charge in [-0.05, 0) is 36.2 Å². The maximum atomic E-state index is 12.4. The number of ether oxygens (including phenoxy) is 2. The van der Waals surface area contributed by atoms with Crippen LogP contribution in [0.3, 0.4) is 0 Å². The molecule has 2 amide bonds. The van der Waals surface area contributed by atoms with Crippen LogP contribution in [0.15, 0.2) is 42.5 Å². The lowest BCUT2D eigenvalue weighted by molar-refractivity contribution is -0.126. The van der Waals surface area contributed by atoms with Crippen LogP contribution in [-0.2, 0) is 16.0 Å². The molecule has 0 bridgehead atoms. The summed E-state index contributed by atoms with van der Waals surface area (Å²) in [7, 11) is 0. The number of nitrogens with zero attached hydrogens (tertiary/aromatic N) is 1. The number of hydrogen-bond acceptors (Lipinski definition) is 4. The molecule has 27 heavy (non-hydrogen) atoms. The van der Waals surface area contributed by atoms with E-state index in [-0.39, 0.29) is 30.9 Å². The van der Waals surface area contributed by atoms with Gasteiger partial charge in [-0.15, -0.1) is 0 Å². The van der Waals surface area contributed by atoms with E-state index >= 15 is 0 Å². The van der Waals surface area contributed by atoms with Gasteiger partial charge in [0, 0.05) is 36.3 Å². The fourth-order valence-electron chi connectivity index (χ4n) is 3.31. The summed E-state index contributed by atoms with van der Waals surface area (Å²) < 4.78 is 10.7. The Morgan fingerprint density at radius 1 is 1.15 bits per heavy atom. The number of amides is 2. The highest BCUT2D eigenvalue weighted by atomic mass is 35.5. The summed E-state index contributed by atoms with van der Waals surface area (Å²) in [6, 6.07) is 12.9. The van der Waals surface area contributed by atoms with Crippen LogP contribution in [-0.4, -0.2) is 31.7 Å². The Morgan fingerprint density at radius 3 is 2.74 bits per heavy atom. The van der Waals surface area contributed by atoms with E-state index in [2.05, 4.69) is 5.32 Å². The molecule has 6 nitrogen and oxygen atoms in total. The second kappa shape index (κ2) is 7.48. The average molecular weight is 387 g/mol. The number of nitrogens with one attached hydrogen (secondary N) is 1. The summed E-state index contributed by atoms with van der Waals surface area (Å²) >= 11 is 5.87. The summed E-state index contributed by atoms with van der Waals surface area (Å²) in [5, 5.41) is 3.62. The lowest BCUT2D eigenvalue weighted by Gasteiger charge is -2.17.